The Morgan fingerprint density at radius 2 is 1.71 bits per heavy atom. The molecule has 2 bridgehead atoms. The molecule has 0 aromatic carbocycles. The summed E-state index contributed by atoms with van der Waals surface area (Å²) in [5.74, 6) is -3.05. The molecule has 0 aromatic rings. The minimum Gasteiger partial charge on any atom is -0.299 e. The fourth-order valence-electron chi connectivity index (χ4n) is 2.72. The first-order valence-corrected chi connectivity index (χ1v) is 7.16. The van der Waals surface area contributed by atoms with Crippen LogP contribution in [0.15, 0.2) is 0 Å². The van der Waals surface area contributed by atoms with Gasteiger partial charge < -0.3 is 0 Å². The molecule has 7 heteroatoms. The van der Waals surface area contributed by atoms with Crippen LogP contribution in [-0.2, 0) is 14.6 Å². The summed E-state index contributed by atoms with van der Waals surface area (Å²) in [6, 6.07) is 0. The van der Waals surface area contributed by atoms with Gasteiger partial charge in [0, 0.05) is 6.42 Å². The van der Waals surface area contributed by atoms with E-state index >= 15 is 0 Å². The molecular formula is C10H13F3O3S. The van der Waals surface area contributed by atoms with E-state index in [1.807, 2.05) is 0 Å². The fraction of sp³-hybridized carbons (Fsp3) is 0.900. The maximum Gasteiger partial charge on any atom is 0.398 e. The van der Waals surface area contributed by atoms with Gasteiger partial charge in [-0.3, -0.25) is 4.79 Å². The van der Waals surface area contributed by atoms with Gasteiger partial charge in [0.2, 0.25) is 0 Å². The van der Waals surface area contributed by atoms with Crippen LogP contribution in [0.25, 0.3) is 0 Å². The Morgan fingerprint density at radius 1 is 1.12 bits per heavy atom. The first-order valence-electron chi connectivity index (χ1n) is 5.55. The average Bonchev–Trinajstić information content (AvgIpc) is 2.24. The molecule has 0 saturated carbocycles. The van der Waals surface area contributed by atoms with Crippen molar-refractivity contribution < 1.29 is 26.4 Å². The zero-order valence-electron chi connectivity index (χ0n) is 9.03. The maximum atomic E-state index is 12.7. The summed E-state index contributed by atoms with van der Waals surface area (Å²) < 4.78 is 61.8. The second-order valence-corrected chi connectivity index (χ2v) is 7.28. The highest BCUT2D eigenvalue weighted by atomic mass is 32.2. The van der Waals surface area contributed by atoms with Gasteiger partial charge in [0.15, 0.2) is 9.84 Å². The summed E-state index contributed by atoms with van der Waals surface area (Å²) in [6.07, 6.45) is -4.52. The van der Waals surface area contributed by atoms with Gasteiger partial charge in [-0.1, -0.05) is 6.42 Å². The lowest BCUT2D eigenvalue weighted by Gasteiger charge is -2.26. The largest absolute Gasteiger partial charge is 0.398 e. The fourth-order valence-corrected chi connectivity index (χ4v) is 5.11. The quantitative estimate of drug-likeness (QED) is 0.675. The predicted molar refractivity (Wildman–Crippen MR) is 54.1 cm³/mol. The van der Waals surface area contributed by atoms with Crippen molar-refractivity contribution in [3.05, 3.63) is 0 Å². The number of Topliss-reactive ketones (excluding diaryl/α,β-unsaturated/α-hetero) is 1. The molecule has 0 N–H and O–H groups in total. The van der Waals surface area contributed by atoms with E-state index in [4.69, 9.17) is 0 Å². The van der Waals surface area contributed by atoms with E-state index in [2.05, 4.69) is 0 Å². The van der Waals surface area contributed by atoms with Crippen molar-refractivity contribution in [2.45, 2.75) is 48.8 Å². The monoisotopic (exact) mass is 270 g/mol. The summed E-state index contributed by atoms with van der Waals surface area (Å²) in [5.41, 5.74) is 0. The SMILES string of the molecule is O=C1CC2CCCC(CC1C(F)(F)F)S2(=O)=O. The molecule has 0 aromatic heterocycles. The van der Waals surface area contributed by atoms with Crippen LogP contribution in [0.2, 0.25) is 0 Å². The molecule has 0 aliphatic carbocycles. The number of rotatable bonds is 0. The number of sulfone groups is 1. The third kappa shape index (κ3) is 2.21. The van der Waals surface area contributed by atoms with Crippen LogP contribution < -0.4 is 0 Å². The van der Waals surface area contributed by atoms with E-state index < -0.39 is 51.1 Å². The molecule has 17 heavy (non-hydrogen) atoms. The highest BCUT2D eigenvalue weighted by Gasteiger charge is 2.52. The Hall–Kier alpha value is -0.590. The summed E-state index contributed by atoms with van der Waals surface area (Å²) in [5, 5.41) is -1.87. The minimum atomic E-state index is -4.62. The molecule has 2 aliphatic rings. The lowest BCUT2D eigenvalue weighted by molar-refractivity contribution is -0.182. The molecule has 0 radical (unpaired) electrons. The van der Waals surface area contributed by atoms with Crippen LogP contribution in [0.4, 0.5) is 13.2 Å². The summed E-state index contributed by atoms with van der Waals surface area (Å²) in [7, 11) is -3.55. The van der Waals surface area contributed by atoms with Gasteiger partial charge in [0.1, 0.15) is 11.7 Å². The molecule has 98 valence electrons. The first kappa shape index (κ1) is 12.9. The molecule has 2 rings (SSSR count). The van der Waals surface area contributed by atoms with Crippen LogP contribution in [0.3, 0.4) is 0 Å². The topological polar surface area (TPSA) is 51.2 Å². The number of carbonyl (C=O) groups excluding carboxylic acids is 1. The summed E-state index contributed by atoms with van der Waals surface area (Å²) in [4.78, 5) is 11.5. The van der Waals surface area contributed by atoms with E-state index in [-0.39, 0.29) is 6.42 Å². The molecule has 3 unspecified atom stereocenters. The van der Waals surface area contributed by atoms with Gasteiger partial charge in [0.05, 0.1) is 10.5 Å². The predicted octanol–water partition coefficient (Wildman–Crippen LogP) is 1.86. The molecule has 0 amide bonds. The highest BCUT2D eigenvalue weighted by molar-refractivity contribution is 7.92. The van der Waals surface area contributed by atoms with E-state index in [9.17, 15) is 26.4 Å². The van der Waals surface area contributed by atoms with Gasteiger partial charge in [-0.25, -0.2) is 8.42 Å². The standard InChI is InChI=1S/C10H13F3O3S/c11-10(12,13)8-4-6-2-1-3-7(5-9(8)14)17(6,15)16/h6-8H,1-5H2. The summed E-state index contributed by atoms with van der Waals surface area (Å²) >= 11 is 0. The number of fused-ring (bicyclic) bond motifs is 2. The molecule has 2 fully saturated rings. The van der Waals surface area contributed by atoms with E-state index in [0.29, 0.717) is 12.8 Å². The van der Waals surface area contributed by atoms with Crippen molar-refractivity contribution in [2.24, 2.45) is 5.92 Å². The lowest BCUT2D eigenvalue weighted by Crippen LogP contribution is -2.35. The van der Waals surface area contributed by atoms with Gasteiger partial charge in [-0.2, -0.15) is 13.2 Å². The molecule has 3 nitrogen and oxygen atoms in total. The number of hydrogen-bond acceptors (Lipinski definition) is 3. The van der Waals surface area contributed by atoms with Crippen molar-refractivity contribution in [3.63, 3.8) is 0 Å². The smallest absolute Gasteiger partial charge is 0.299 e. The van der Waals surface area contributed by atoms with Crippen molar-refractivity contribution >= 4 is 15.6 Å². The van der Waals surface area contributed by atoms with E-state index in [1.54, 1.807) is 0 Å². The number of ketones is 1. The van der Waals surface area contributed by atoms with Crippen molar-refractivity contribution in [1.82, 2.24) is 0 Å². The first-order chi connectivity index (χ1) is 7.73. The Morgan fingerprint density at radius 3 is 2.29 bits per heavy atom. The molecule has 2 saturated heterocycles. The van der Waals surface area contributed by atoms with Crippen LogP contribution in [0, 0.1) is 5.92 Å². The Balaban J connectivity index is 2.37. The van der Waals surface area contributed by atoms with Gasteiger partial charge in [-0.15, -0.1) is 0 Å². The Kier molecular flexibility index (Phi) is 3.00. The van der Waals surface area contributed by atoms with Crippen LogP contribution >= 0.6 is 0 Å². The number of carbonyl (C=O) groups is 1. The van der Waals surface area contributed by atoms with Crippen molar-refractivity contribution in [2.75, 3.05) is 0 Å². The van der Waals surface area contributed by atoms with E-state index in [0.717, 1.165) is 0 Å². The highest BCUT2D eigenvalue weighted by Crippen LogP contribution is 2.41. The summed E-state index contributed by atoms with van der Waals surface area (Å²) in [6.45, 7) is 0. The number of halogens is 3. The van der Waals surface area contributed by atoms with E-state index in [1.165, 1.54) is 0 Å². The molecule has 3 atom stereocenters. The van der Waals surface area contributed by atoms with Crippen LogP contribution in [0.1, 0.15) is 32.1 Å². The normalized spacial score (nSPS) is 37.6. The van der Waals surface area contributed by atoms with Crippen LogP contribution in [0.5, 0.6) is 0 Å². The number of alkyl halides is 3. The second kappa shape index (κ2) is 3.96. The zero-order chi connectivity index (χ0) is 12.8. The Labute approximate surface area is 97.3 Å². The molecule has 2 aliphatic heterocycles. The molecule has 0 spiro atoms. The van der Waals surface area contributed by atoms with Gasteiger partial charge in [-0.05, 0) is 19.3 Å². The van der Waals surface area contributed by atoms with Gasteiger partial charge >= 0.3 is 6.18 Å². The van der Waals surface area contributed by atoms with Crippen molar-refractivity contribution in [3.8, 4) is 0 Å². The molecule has 2 heterocycles. The second-order valence-electron chi connectivity index (χ2n) is 4.76. The average molecular weight is 270 g/mol. The van der Waals surface area contributed by atoms with Crippen LogP contribution in [-0.4, -0.2) is 30.9 Å². The third-order valence-corrected chi connectivity index (χ3v) is 6.38. The third-order valence-electron chi connectivity index (χ3n) is 3.69. The lowest BCUT2D eigenvalue weighted by atomic mass is 9.95. The Bertz CT molecular complexity index is 427. The minimum absolute atomic E-state index is 0.249. The zero-order valence-corrected chi connectivity index (χ0v) is 9.85. The van der Waals surface area contributed by atoms with Crippen molar-refractivity contribution in [1.29, 1.82) is 0 Å². The molecular weight excluding hydrogens is 257 g/mol. The number of hydrogen-bond donors (Lipinski definition) is 0. The maximum absolute atomic E-state index is 12.7. The van der Waals surface area contributed by atoms with Gasteiger partial charge in [0.25, 0.3) is 0 Å².